The van der Waals surface area contributed by atoms with Gasteiger partial charge in [-0.1, -0.05) is 0 Å². The molecule has 0 bridgehead atoms. The SMILES string of the molecule is [B]C1([B])Oc2ccc(O[C@H]3CCN(c4nn5c(=O)ccnc5cc4C)C[C@H]3F)cc2OC1([B])[B]. The van der Waals surface area contributed by atoms with Crippen molar-refractivity contribution >= 4 is 42.9 Å². The van der Waals surface area contributed by atoms with E-state index < -0.39 is 23.1 Å². The van der Waals surface area contributed by atoms with Crippen LogP contribution in [0.4, 0.5) is 10.2 Å². The Bertz CT molecular complexity index is 1320. The number of ether oxygens (including phenoxy) is 3. The van der Waals surface area contributed by atoms with Gasteiger partial charge < -0.3 is 19.1 Å². The molecule has 1 aromatic carbocycles. The van der Waals surface area contributed by atoms with Crippen molar-refractivity contribution < 1.29 is 18.6 Å². The number of anilines is 1. The molecular formula is C21H17B4FN4O4. The van der Waals surface area contributed by atoms with E-state index in [0.717, 1.165) is 5.56 Å². The highest BCUT2D eigenvalue weighted by Crippen LogP contribution is 2.41. The third kappa shape index (κ3) is 3.90. The van der Waals surface area contributed by atoms with E-state index in [-0.39, 0.29) is 23.6 Å². The largest absolute Gasteiger partial charge is 0.501 e. The zero-order valence-corrected chi connectivity index (χ0v) is 18.3. The predicted octanol–water partition coefficient (Wildman–Crippen LogP) is 0.147. The molecule has 0 aliphatic carbocycles. The number of nitrogens with zero attached hydrogens (tertiary/aromatic N) is 4. The Kier molecular flexibility index (Phi) is 5.33. The monoisotopic (exact) mass is 452 g/mol. The van der Waals surface area contributed by atoms with Crippen LogP contribution >= 0.6 is 0 Å². The Labute approximate surface area is 200 Å². The van der Waals surface area contributed by atoms with Crippen LogP contribution in [-0.4, -0.2) is 82.1 Å². The molecule has 2 aliphatic heterocycles. The van der Waals surface area contributed by atoms with Gasteiger partial charge in [0.1, 0.15) is 43.2 Å². The molecule has 3 aromatic rings. The minimum Gasteiger partial charge on any atom is -0.501 e. The second kappa shape index (κ2) is 7.99. The van der Waals surface area contributed by atoms with Crippen LogP contribution < -0.4 is 24.7 Å². The van der Waals surface area contributed by atoms with E-state index in [1.807, 2.05) is 6.92 Å². The molecule has 0 spiro atoms. The number of rotatable bonds is 3. The number of alkyl halides is 1. The van der Waals surface area contributed by atoms with Crippen molar-refractivity contribution in [2.75, 3.05) is 18.0 Å². The number of benzene rings is 1. The molecule has 13 heteroatoms. The molecule has 2 aliphatic rings. The van der Waals surface area contributed by atoms with Crippen molar-refractivity contribution in [3.8, 4) is 17.2 Å². The molecule has 0 N–H and O–H groups in total. The number of halogens is 1. The highest BCUT2D eigenvalue weighted by atomic mass is 19.1. The number of fused-ring (bicyclic) bond motifs is 2. The van der Waals surface area contributed by atoms with E-state index >= 15 is 4.39 Å². The summed E-state index contributed by atoms with van der Waals surface area (Å²) in [6, 6.07) is 7.69. The van der Waals surface area contributed by atoms with Gasteiger partial charge in [0, 0.05) is 42.1 Å². The first kappa shape index (κ1) is 22.7. The maximum absolute atomic E-state index is 15.2. The summed E-state index contributed by atoms with van der Waals surface area (Å²) in [5.41, 5.74) is 0.919. The Morgan fingerprint density at radius 3 is 2.59 bits per heavy atom. The van der Waals surface area contributed by atoms with Gasteiger partial charge >= 0.3 is 0 Å². The van der Waals surface area contributed by atoms with E-state index in [9.17, 15) is 4.79 Å². The van der Waals surface area contributed by atoms with Crippen LogP contribution in [0.25, 0.3) is 5.65 Å². The Morgan fingerprint density at radius 2 is 1.85 bits per heavy atom. The van der Waals surface area contributed by atoms with E-state index in [1.165, 1.54) is 28.9 Å². The second-order valence-corrected chi connectivity index (χ2v) is 8.51. The van der Waals surface area contributed by atoms with Gasteiger partial charge in [-0.2, -0.15) is 4.52 Å². The summed E-state index contributed by atoms with van der Waals surface area (Å²) in [4.78, 5) is 18.1. The van der Waals surface area contributed by atoms with Crippen LogP contribution in [0.5, 0.6) is 17.2 Å². The summed E-state index contributed by atoms with van der Waals surface area (Å²) in [7, 11) is 23.1. The molecule has 8 radical (unpaired) electrons. The maximum atomic E-state index is 15.2. The quantitative estimate of drug-likeness (QED) is 0.525. The summed E-state index contributed by atoms with van der Waals surface area (Å²) in [6.07, 6.45) is -0.232. The van der Waals surface area contributed by atoms with Crippen molar-refractivity contribution in [3.05, 3.63) is 52.4 Å². The highest BCUT2D eigenvalue weighted by Gasteiger charge is 2.43. The molecule has 8 nitrogen and oxygen atoms in total. The number of aryl methyl sites for hydroxylation is 1. The van der Waals surface area contributed by atoms with Gasteiger partial charge in [-0.05, 0) is 30.7 Å². The number of piperidine rings is 1. The van der Waals surface area contributed by atoms with Gasteiger partial charge in [0.2, 0.25) is 0 Å². The van der Waals surface area contributed by atoms with Crippen LogP contribution in [0.1, 0.15) is 12.0 Å². The summed E-state index contributed by atoms with van der Waals surface area (Å²) in [5, 5.41) is 0.488. The van der Waals surface area contributed by atoms with Gasteiger partial charge in [0.15, 0.2) is 29.1 Å². The average Bonchev–Trinajstić information content (AvgIpc) is 2.75. The zero-order chi connectivity index (χ0) is 24.3. The van der Waals surface area contributed by atoms with E-state index in [0.29, 0.717) is 30.2 Å². The lowest BCUT2D eigenvalue weighted by Gasteiger charge is -2.48. The zero-order valence-electron chi connectivity index (χ0n) is 18.3. The fraction of sp³-hybridized carbons (Fsp3) is 0.381. The van der Waals surface area contributed by atoms with E-state index in [4.69, 9.17) is 45.6 Å². The predicted molar refractivity (Wildman–Crippen MR) is 126 cm³/mol. The molecule has 34 heavy (non-hydrogen) atoms. The smallest absolute Gasteiger partial charge is 0.274 e. The first-order chi connectivity index (χ1) is 16.0. The number of aromatic nitrogens is 3. The summed E-state index contributed by atoms with van der Waals surface area (Å²) in [6.45, 7) is 2.36. The lowest BCUT2D eigenvalue weighted by molar-refractivity contribution is 0.0587. The third-order valence-electron chi connectivity index (χ3n) is 5.90. The standard InChI is InChI=1S/C21H17B4FN4O4/c1-11-8-17-27-6-4-18(31)30(17)28-19(11)29-7-5-14(13(26)10-29)32-12-2-3-15-16(9-12)34-21(24,25)20(22,23)33-15/h2-4,6,8-9,13-14H,5,7,10H2,1H3/t13-,14+/m1/s1. The molecule has 0 saturated carbocycles. The van der Waals surface area contributed by atoms with Gasteiger partial charge in [0.05, 0.1) is 6.54 Å². The number of hydrogen-bond acceptors (Lipinski definition) is 7. The third-order valence-corrected chi connectivity index (χ3v) is 5.90. The minimum absolute atomic E-state index is 0.0428. The lowest BCUT2D eigenvalue weighted by Crippen LogP contribution is -2.65. The van der Waals surface area contributed by atoms with Crippen molar-refractivity contribution in [1.82, 2.24) is 14.6 Å². The van der Waals surface area contributed by atoms with Crippen LogP contribution in [0, 0.1) is 6.92 Å². The Balaban J connectivity index is 1.31. The van der Waals surface area contributed by atoms with Crippen molar-refractivity contribution in [3.63, 3.8) is 0 Å². The summed E-state index contributed by atoms with van der Waals surface area (Å²) in [5.74, 6) is 1.28. The highest BCUT2D eigenvalue weighted by molar-refractivity contribution is 6.53. The average molecular weight is 452 g/mol. The molecule has 0 amide bonds. The fourth-order valence-corrected chi connectivity index (χ4v) is 3.99. The molecule has 5 rings (SSSR count). The van der Waals surface area contributed by atoms with Crippen LogP contribution in [-0.2, 0) is 0 Å². The lowest BCUT2D eigenvalue weighted by atomic mass is 9.41. The molecule has 2 aromatic heterocycles. The second-order valence-electron chi connectivity index (χ2n) is 8.51. The molecule has 1 fully saturated rings. The Hall–Kier alpha value is -3.10. The van der Waals surface area contributed by atoms with Gasteiger partial charge in [-0.15, -0.1) is 5.10 Å². The van der Waals surface area contributed by atoms with Crippen LogP contribution in [0.2, 0.25) is 0 Å². The van der Waals surface area contributed by atoms with Gasteiger partial charge in [-0.3, -0.25) is 4.79 Å². The van der Waals surface area contributed by atoms with E-state index in [1.54, 1.807) is 17.0 Å². The normalized spacial score (nSPS) is 22.9. The van der Waals surface area contributed by atoms with E-state index in [2.05, 4.69) is 10.1 Å². The topological polar surface area (TPSA) is 78.2 Å². The van der Waals surface area contributed by atoms with Crippen LogP contribution in [0.3, 0.4) is 0 Å². The maximum Gasteiger partial charge on any atom is 0.274 e. The van der Waals surface area contributed by atoms with Gasteiger partial charge in [0.25, 0.3) is 5.56 Å². The molecule has 4 heterocycles. The first-order valence-corrected chi connectivity index (χ1v) is 10.6. The van der Waals surface area contributed by atoms with Crippen molar-refractivity contribution in [1.29, 1.82) is 0 Å². The molecule has 1 saturated heterocycles. The molecule has 0 unspecified atom stereocenters. The first-order valence-electron chi connectivity index (χ1n) is 10.6. The van der Waals surface area contributed by atoms with Gasteiger partial charge in [-0.25, -0.2) is 9.37 Å². The van der Waals surface area contributed by atoms with Crippen molar-refractivity contribution in [2.24, 2.45) is 0 Å². The summed E-state index contributed by atoms with van der Waals surface area (Å²) >= 11 is 0. The van der Waals surface area contributed by atoms with Crippen molar-refractivity contribution in [2.45, 2.75) is 36.4 Å². The summed E-state index contributed by atoms with van der Waals surface area (Å²) < 4.78 is 33.2. The molecule has 164 valence electrons. The number of hydrogen-bond donors (Lipinski definition) is 0. The minimum atomic E-state index is -1.98. The molecular weight excluding hydrogens is 435 g/mol. The molecule has 2 atom stereocenters. The Morgan fingerprint density at radius 1 is 1.12 bits per heavy atom. The fourth-order valence-electron chi connectivity index (χ4n) is 3.99. The van der Waals surface area contributed by atoms with Crippen LogP contribution in [0.15, 0.2) is 41.3 Å².